The lowest BCUT2D eigenvalue weighted by Crippen LogP contribution is -2.37. The van der Waals surface area contributed by atoms with Crippen LogP contribution < -0.4 is 0 Å². The van der Waals surface area contributed by atoms with E-state index in [1.807, 2.05) is 12.1 Å². The minimum Gasteiger partial charge on any atom is -0.371 e. The third-order valence-electron chi connectivity index (χ3n) is 2.11. The maximum Gasteiger partial charge on any atom is 0.173 e. The molecule has 1 atom stereocenters. The Hall–Kier alpha value is -1.32. The van der Waals surface area contributed by atoms with Gasteiger partial charge in [-0.1, -0.05) is 6.08 Å². The van der Waals surface area contributed by atoms with Gasteiger partial charge in [-0.3, -0.25) is 0 Å². The Morgan fingerprint density at radius 1 is 1.50 bits per heavy atom. The van der Waals surface area contributed by atoms with E-state index in [1.165, 1.54) is 6.08 Å². The molecule has 1 aliphatic heterocycles. The van der Waals surface area contributed by atoms with Crippen molar-refractivity contribution in [3.63, 3.8) is 0 Å². The van der Waals surface area contributed by atoms with Crippen molar-refractivity contribution in [1.82, 2.24) is 0 Å². The molecule has 1 saturated heterocycles. The van der Waals surface area contributed by atoms with Crippen LogP contribution in [0.15, 0.2) is 12.7 Å². The number of ether oxygens (including phenoxy) is 1. The molecule has 1 fully saturated rings. The summed E-state index contributed by atoms with van der Waals surface area (Å²) < 4.78 is 5.26. The van der Waals surface area contributed by atoms with Gasteiger partial charge in [0.05, 0.1) is 12.1 Å². The van der Waals surface area contributed by atoms with Gasteiger partial charge in [-0.25, -0.2) is 0 Å². The van der Waals surface area contributed by atoms with Gasteiger partial charge in [-0.05, 0) is 12.8 Å². The minimum atomic E-state index is -1.00. The second-order valence-electron chi connectivity index (χ2n) is 2.83. The Kier molecular flexibility index (Phi) is 2.47. The summed E-state index contributed by atoms with van der Waals surface area (Å²) in [4.78, 5) is 0. The van der Waals surface area contributed by atoms with Gasteiger partial charge in [0.25, 0.3) is 0 Å². The standard InChI is InChI=1S/C9H10N2O/c1-2-8-9(6-10,7-11)4-3-5-12-8/h2,8H,1,3-5H2. The topological polar surface area (TPSA) is 56.8 Å². The first-order valence-corrected chi connectivity index (χ1v) is 3.86. The largest absolute Gasteiger partial charge is 0.371 e. The monoisotopic (exact) mass is 162 g/mol. The summed E-state index contributed by atoms with van der Waals surface area (Å²) in [6, 6.07) is 4.02. The quantitative estimate of drug-likeness (QED) is 0.547. The van der Waals surface area contributed by atoms with Crippen molar-refractivity contribution in [3.8, 4) is 12.1 Å². The Balaban J connectivity index is 2.91. The van der Waals surface area contributed by atoms with E-state index in [-0.39, 0.29) is 0 Å². The number of hydrogen-bond acceptors (Lipinski definition) is 3. The van der Waals surface area contributed by atoms with Crippen LogP contribution in [-0.4, -0.2) is 12.7 Å². The van der Waals surface area contributed by atoms with Crippen molar-refractivity contribution >= 4 is 0 Å². The van der Waals surface area contributed by atoms with E-state index in [0.717, 1.165) is 6.42 Å². The second kappa shape index (κ2) is 3.38. The fraction of sp³-hybridized carbons (Fsp3) is 0.556. The van der Waals surface area contributed by atoms with E-state index in [2.05, 4.69) is 6.58 Å². The highest BCUT2D eigenvalue weighted by Crippen LogP contribution is 2.33. The molecule has 0 spiro atoms. The van der Waals surface area contributed by atoms with Gasteiger partial charge < -0.3 is 4.74 Å². The van der Waals surface area contributed by atoms with Gasteiger partial charge in [-0.2, -0.15) is 10.5 Å². The molecule has 3 heteroatoms. The average Bonchev–Trinajstić information content (AvgIpc) is 2.17. The van der Waals surface area contributed by atoms with E-state index in [4.69, 9.17) is 15.3 Å². The molecule has 62 valence electrons. The molecule has 0 saturated carbocycles. The van der Waals surface area contributed by atoms with E-state index in [0.29, 0.717) is 13.0 Å². The summed E-state index contributed by atoms with van der Waals surface area (Å²) in [5.41, 5.74) is -1.00. The summed E-state index contributed by atoms with van der Waals surface area (Å²) in [5.74, 6) is 0. The van der Waals surface area contributed by atoms with Gasteiger partial charge >= 0.3 is 0 Å². The van der Waals surface area contributed by atoms with Crippen molar-refractivity contribution in [3.05, 3.63) is 12.7 Å². The van der Waals surface area contributed by atoms with Crippen LogP contribution in [0.1, 0.15) is 12.8 Å². The zero-order valence-corrected chi connectivity index (χ0v) is 6.79. The Bertz CT molecular complexity index is 245. The van der Waals surface area contributed by atoms with E-state index < -0.39 is 11.5 Å². The van der Waals surface area contributed by atoms with E-state index in [1.54, 1.807) is 0 Å². The van der Waals surface area contributed by atoms with Crippen LogP contribution in [0.4, 0.5) is 0 Å². The van der Waals surface area contributed by atoms with Crippen molar-refractivity contribution in [1.29, 1.82) is 10.5 Å². The van der Waals surface area contributed by atoms with Crippen LogP contribution in [0.25, 0.3) is 0 Å². The van der Waals surface area contributed by atoms with Gasteiger partial charge in [-0.15, -0.1) is 6.58 Å². The maximum absolute atomic E-state index is 8.84. The molecule has 12 heavy (non-hydrogen) atoms. The fourth-order valence-electron chi connectivity index (χ4n) is 1.38. The molecule has 1 aliphatic rings. The summed E-state index contributed by atoms with van der Waals surface area (Å²) in [5, 5.41) is 17.7. The molecule has 1 unspecified atom stereocenters. The Morgan fingerprint density at radius 2 is 2.17 bits per heavy atom. The number of nitrogens with zero attached hydrogens (tertiary/aromatic N) is 2. The highest BCUT2D eigenvalue weighted by Gasteiger charge is 2.41. The summed E-state index contributed by atoms with van der Waals surface area (Å²) in [7, 11) is 0. The van der Waals surface area contributed by atoms with Crippen molar-refractivity contribution < 1.29 is 4.74 Å². The first kappa shape index (κ1) is 8.77. The number of nitriles is 2. The third kappa shape index (κ3) is 1.20. The highest BCUT2D eigenvalue weighted by atomic mass is 16.5. The zero-order valence-electron chi connectivity index (χ0n) is 6.79. The molecule has 0 aromatic carbocycles. The van der Waals surface area contributed by atoms with Gasteiger partial charge in [0.15, 0.2) is 5.41 Å². The molecule has 0 bridgehead atoms. The van der Waals surface area contributed by atoms with Gasteiger partial charge in [0.2, 0.25) is 0 Å². The SMILES string of the molecule is C=CC1OCCCC1(C#N)C#N. The van der Waals surface area contributed by atoms with Crippen LogP contribution >= 0.6 is 0 Å². The molecule has 0 N–H and O–H groups in total. The molecule has 0 aromatic heterocycles. The molecule has 0 radical (unpaired) electrons. The average molecular weight is 162 g/mol. The minimum absolute atomic E-state index is 0.429. The molecule has 1 rings (SSSR count). The smallest absolute Gasteiger partial charge is 0.173 e. The lowest BCUT2D eigenvalue weighted by molar-refractivity contribution is -0.00443. The predicted octanol–water partition coefficient (Wildman–Crippen LogP) is 1.38. The Morgan fingerprint density at radius 3 is 2.58 bits per heavy atom. The van der Waals surface area contributed by atoms with E-state index in [9.17, 15) is 0 Å². The summed E-state index contributed by atoms with van der Waals surface area (Å²) in [6.45, 7) is 4.16. The first-order chi connectivity index (χ1) is 5.79. The lowest BCUT2D eigenvalue weighted by Gasteiger charge is -2.31. The summed E-state index contributed by atoms with van der Waals surface area (Å²) >= 11 is 0. The number of rotatable bonds is 1. The predicted molar refractivity (Wildman–Crippen MR) is 42.8 cm³/mol. The van der Waals surface area contributed by atoms with Gasteiger partial charge in [0.1, 0.15) is 6.10 Å². The van der Waals surface area contributed by atoms with Crippen molar-refractivity contribution in [2.45, 2.75) is 18.9 Å². The Labute approximate surface area is 71.9 Å². The van der Waals surface area contributed by atoms with Crippen LogP contribution in [0, 0.1) is 28.1 Å². The molecule has 0 aliphatic carbocycles. The second-order valence-corrected chi connectivity index (χ2v) is 2.83. The van der Waals surface area contributed by atoms with Crippen LogP contribution in [0.5, 0.6) is 0 Å². The highest BCUT2D eigenvalue weighted by molar-refractivity contribution is 5.21. The number of hydrogen-bond donors (Lipinski definition) is 0. The summed E-state index contributed by atoms with van der Waals surface area (Å²) in [6.07, 6.45) is 2.45. The normalized spacial score (nSPS) is 26.7. The molecule has 0 aromatic rings. The lowest BCUT2D eigenvalue weighted by atomic mass is 9.79. The van der Waals surface area contributed by atoms with Crippen molar-refractivity contribution in [2.75, 3.05) is 6.61 Å². The molecular weight excluding hydrogens is 152 g/mol. The first-order valence-electron chi connectivity index (χ1n) is 3.86. The van der Waals surface area contributed by atoms with Gasteiger partial charge in [0, 0.05) is 6.61 Å². The molecule has 0 amide bonds. The fourth-order valence-corrected chi connectivity index (χ4v) is 1.38. The van der Waals surface area contributed by atoms with Crippen LogP contribution in [-0.2, 0) is 4.74 Å². The molecule has 3 nitrogen and oxygen atoms in total. The van der Waals surface area contributed by atoms with Crippen LogP contribution in [0.2, 0.25) is 0 Å². The van der Waals surface area contributed by atoms with Crippen LogP contribution in [0.3, 0.4) is 0 Å². The van der Waals surface area contributed by atoms with Crippen molar-refractivity contribution in [2.24, 2.45) is 5.41 Å². The maximum atomic E-state index is 8.84. The molecule has 1 heterocycles. The zero-order chi connectivity index (χ0) is 9.03. The molecular formula is C9H10N2O. The third-order valence-corrected chi connectivity index (χ3v) is 2.11. The van der Waals surface area contributed by atoms with E-state index >= 15 is 0 Å².